The molecule has 16 heteroatoms. The average Bonchev–Trinajstić information content (AvgIpc) is 3.06. The number of hydrogen-bond acceptors (Lipinski definition) is 8. The summed E-state index contributed by atoms with van der Waals surface area (Å²) in [5, 5.41) is 0. The summed E-state index contributed by atoms with van der Waals surface area (Å²) in [5.74, 6) is 0. The number of sulfonamides is 4. The molecule has 4 aromatic carbocycles. The van der Waals surface area contributed by atoms with E-state index in [1.54, 1.807) is 69.3 Å². The van der Waals surface area contributed by atoms with E-state index in [2.05, 4.69) is 18.9 Å². The van der Waals surface area contributed by atoms with Crippen molar-refractivity contribution in [2.45, 2.75) is 53.7 Å². The van der Waals surface area contributed by atoms with E-state index in [0.717, 1.165) is 22.3 Å². The molecule has 0 fully saturated rings. The van der Waals surface area contributed by atoms with Crippen molar-refractivity contribution in [3.05, 3.63) is 119 Å². The molecule has 12 nitrogen and oxygen atoms in total. The Bertz CT molecular complexity index is 2020. The van der Waals surface area contributed by atoms with Crippen LogP contribution in [0.5, 0.6) is 0 Å². The van der Waals surface area contributed by atoms with Crippen LogP contribution in [0.1, 0.15) is 28.7 Å². The molecule has 0 unspecified atom stereocenters. The first kappa shape index (κ1) is 39.3. The molecule has 0 bridgehead atoms. The largest absolute Gasteiger partial charge is 0.240 e. The molecule has 0 saturated carbocycles. The highest BCUT2D eigenvalue weighted by atomic mass is 32.2. The summed E-state index contributed by atoms with van der Waals surface area (Å²) in [4.78, 5) is -0.179. The van der Waals surface area contributed by atoms with Gasteiger partial charge in [0.25, 0.3) is 0 Å². The molecule has 4 N–H and O–H groups in total. The smallest absolute Gasteiger partial charge is 0.211 e. The number of aryl methyl sites for hydroxylation is 4. The highest BCUT2D eigenvalue weighted by molar-refractivity contribution is 7.90. The van der Waals surface area contributed by atoms with Crippen LogP contribution in [-0.4, -0.2) is 59.9 Å². The van der Waals surface area contributed by atoms with E-state index < -0.39 is 65.1 Å². The Morgan fingerprint density at radius 3 is 0.840 bits per heavy atom. The van der Waals surface area contributed by atoms with Crippen LogP contribution in [-0.2, 0) is 40.1 Å². The second-order valence-corrected chi connectivity index (χ2v) is 19.4. The van der Waals surface area contributed by atoms with E-state index in [9.17, 15) is 33.7 Å². The third-order valence-electron chi connectivity index (χ3n) is 8.18. The minimum absolute atomic E-state index is 0.00563. The second-order valence-electron chi connectivity index (χ2n) is 12.4. The monoisotopic (exact) mass is 762 g/mol. The zero-order chi connectivity index (χ0) is 36.8. The van der Waals surface area contributed by atoms with Crippen molar-refractivity contribution >= 4 is 40.1 Å². The van der Waals surface area contributed by atoms with Gasteiger partial charge in [-0.1, -0.05) is 70.8 Å². The molecule has 0 aliphatic heterocycles. The maximum Gasteiger partial charge on any atom is 0.240 e. The normalized spacial score (nSPS) is 13.0. The summed E-state index contributed by atoms with van der Waals surface area (Å²) in [5.41, 5.74) is 1.80. The second kappa shape index (κ2) is 15.8. The Hall–Kier alpha value is -3.48. The van der Waals surface area contributed by atoms with Gasteiger partial charge in [0.15, 0.2) is 0 Å². The first-order valence-electron chi connectivity index (χ1n) is 15.6. The van der Waals surface area contributed by atoms with E-state index in [4.69, 9.17) is 0 Å². The van der Waals surface area contributed by atoms with Gasteiger partial charge >= 0.3 is 0 Å². The van der Waals surface area contributed by atoms with Crippen molar-refractivity contribution in [3.63, 3.8) is 0 Å². The molecular formula is C34H42N4O8S4. The Kier molecular flexibility index (Phi) is 12.4. The summed E-state index contributed by atoms with van der Waals surface area (Å²) in [7, 11) is -16.6. The molecule has 0 radical (unpaired) electrons. The van der Waals surface area contributed by atoms with Gasteiger partial charge in [0.05, 0.1) is 19.6 Å². The summed E-state index contributed by atoms with van der Waals surface area (Å²) < 4.78 is 117. The SMILES string of the molecule is Cc1ccc(S(=O)(=O)NCCC(CNS(=O)(=O)c2ccc(C)cc2)(CNS(=O)(=O)c2ccc(C)cc2)CNS(=O)(=O)c2ccc(C)cc2)cc1. The third kappa shape index (κ3) is 10.5. The van der Waals surface area contributed by atoms with Crippen LogP contribution < -0.4 is 18.9 Å². The van der Waals surface area contributed by atoms with E-state index in [1.807, 2.05) is 6.92 Å². The zero-order valence-electron chi connectivity index (χ0n) is 28.2. The molecule has 50 heavy (non-hydrogen) atoms. The van der Waals surface area contributed by atoms with Crippen LogP contribution >= 0.6 is 0 Å². The molecule has 0 atom stereocenters. The first-order valence-corrected chi connectivity index (χ1v) is 21.5. The van der Waals surface area contributed by atoms with E-state index in [0.29, 0.717) is 0 Å². The summed E-state index contributed by atoms with van der Waals surface area (Å²) in [6.07, 6.45) is -0.193. The van der Waals surface area contributed by atoms with Gasteiger partial charge in [0, 0.05) is 31.6 Å². The fourth-order valence-corrected chi connectivity index (χ4v) is 9.35. The quantitative estimate of drug-likeness (QED) is 0.126. The van der Waals surface area contributed by atoms with Gasteiger partial charge in [-0.2, -0.15) is 0 Å². The average molecular weight is 763 g/mol. The fraction of sp³-hybridized carbons (Fsp3) is 0.294. The van der Waals surface area contributed by atoms with Crippen LogP contribution in [0.2, 0.25) is 0 Å². The van der Waals surface area contributed by atoms with Gasteiger partial charge in [-0.3, -0.25) is 0 Å². The minimum Gasteiger partial charge on any atom is -0.211 e. The van der Waals surface area contributed by atoms with Gasteiger partial charge in [-0.15, -0.1) is 0 Å². The summed E-state index contributed by atoms with van der Waals surface area (Å²) in [6, 6.07) is 24.3. The maximum absolute atomic E-state index is 13.4. The van der Waals surface area contributed by atoms with Gasteiger partial charge in [0.2, 0.25) is 40.1 Å². The van der Waals surface area contributed by atoms with Crippen LogP contribution in [0, 0.1) is 33.1 Å². The molecular weight excluding hydrogens is 721 g/mol. The zero-order valence-corrected chi connectivity index (χ0v) is 31.4. The Morgan fingerprint density at radius 2 is 0.600 bits per heavy atom. The van der Waals surface area contributed by atoms with Crippen molar-refractivity contribution in [2.24, 2.45) is 5.41 Å². The number of hydrogen-bond donors (Lipinski definition) is 4. The van der Waals surface area contributed by atoms with E-state index in [-0.39, 0.29) is 32.5 Å². The third-order valence-corrected chi connectivity index (χ3v) is 13.9. The van der Waals surface area contributed by atoms with Crippen LogP contribution in [0.15, 0.2) is 117 Å². The van der Waals surface area contributed by atoms with Gasteiger partial charge < -0.3 is 0 Å². The van der Waals surface area contributed by atoms with Crippen molar-refractivity contribution in [1.29, 1.82) is 0 Å². The highest BCUT2D eigenvalue weighted by Crippen LogP contribution is 2.25. The lowest BCUT2D eigenvalue weighted by molar-refractivity contribution is 0.267. The maximum atomic E-state index is 13.4. The van der Waals surface area contributed by atoms with Crippen molar-refractivity contribution in [3.8, 4) is 0 Å². The van der Waals surface area contributed by atoms with Crippen LogP contribution in [0.4, 0.5) is 0 Å². The van der Waals surface area contributed by atoms with E-state index in [1.165, 1.54) is 48.5 Å². The molecule has 270 valence electrons. The number of nitrogens with one attached hydrogen (secondary N) is 4. The molecule has 0 aromatic heterocycles. The topological polar surface area (TPSA) is 185 Å². The lowest BCUT2D eigenvalue weighted by Crippen LogP contribution is -2.52. The molecule has 0 spiro atoms. The minimum atomic E-state index is -4.18. The Morgan fingerprint density at radius 1 is 0.380 bits per heavy atom. The Balaban J connectivity index is 1.71. The fourth-order valence-electron chi connectivity index (χ4n) is 4.85. The summed E-state index contributed by atoms with van der Waals surface area (Å²) >= 11 is 0. The molecule has 0 amide bonds. The van der Waals surface area contributed by atoms with Crippen molar-refractivity contribution in [2.75, 3.05) is 26.2 Å². The van der Waals surface area contributed by atoms with Gasteiger partial charge in [-0.25, -0.2) is 52.6 Å². The molecule has 4 aromatic rings. The molecule has 0 aliphatic rings. The predicted octanol–water partition coefficient (Wildman–Crippen LogP) is 3.51. The number of rotatable bonds is 17. The van der Waals surface area contributed by atoms with Crippen molar-refractivity contribution < 1.29 is 33.7 Å². The molecule has 4 rings (SSSR count). The summed E-state index contributed by atoms with van der Waals surface area (Å²) in [6.45, 7) is 5.51. The number of benzene rings is 4. The van der Waals surface area contributed by atoms with Crippen molar-refractivity contribution in [1.82, 2.24) is 18.9 Å². The lowest BCUT2D eigenvalue weighted by Gasteiger charge is -2.34. The van der Waals surface area contributed by atoms with Gasteiger partial charge in [-0.05, 0) is 82.6 Å². The van der Waals surface area contributed by atoms with E-state index >= 15 is 0 Å². The highest BCUT2D eigenvalue weighted by Gasteiger charge is 2.36. The van der Waals surface area contributed by atoms with Crippen LogP contribution in [0.25, 0.3) is 0 Å². The Labute approximate surface area is 295 Å². The first-order chi connectivity index (χ1) is 23.3. The molecule has 0 aliphatic carbocycles. The van der Waals surface area contributed by atoms with Gasteiger partial charge in [0.1, 0.15) is 0 Å². The standard InChI is InChI=1S/C34H42N4O8S4/c1-26-5-13-30(14-6-26)47(39,40)35-22-21-34(23-36-48(41,42)31-15-7-27(2)8-16-31,24-37-49(43,44)32-17-9-28(3)10-18-32)25-38-50(45,46)33-19-11-29(4)12-20-33/h5-20,35-38H,21-25H2,1-4H3. The lowest BCUT2D eigenvalue weighted by atomic mass is 9.85. The molecule has 0 saturated heterocycles. The molecule has 0 heterocycles. The van der Waals surface area contributed by atoms with Crippen LogP contribution in [0.3, 0.4) is 0 Å². The predicted molar refractivity (Wildman–Crippen MR) is 193 cm³/mol.